The van der Waals surface area contributed by atoms with Crippen LogP contribution in [0, 0.1) is 23.1 Å². The first kappa shape index (κ1) is 29.1. The topological polar surface area (TPSA) is 83.9 Å². The lowest BCUT2D eigenvalue weighted by molar-refractivity contribution is -0.135. The molecule has 4 aliphatic heterocycles. The summed E-state index contributed by atoms with van der Waals surface area (Å²) < 4.78 is 20.8. The van der Waals surface area contributed by atoms with Crippen LogP contribution in [0.25, 0.3) is 0 Å². The zero-order valence-corrected chi connectivity index (χ0v) is 24.9. The van der Waals surface area contributed by atoms with E-state index in [4.69, 9.17) is 4.74 Å². The van der Waals surface area contributed by atoms with Crippen LogP contribution in [0.1, 0.15) is 50.5 Å². The Morgan fingerprint density at radius 3 is 2.93 bits per heavy atom. The molecular weight excluding hydrogens is 539 g/mol. The second-order valence-electron chi connectivity index (χ2n) is 12.6. The number of piperazine rings is 1. The van der Waals surface area contributed by atoms with Crippen molar-refractivity contribution in [2.45, 2.75) is 91.7 Å². The average Bonchev–Trinajstić information content (AvgIpc) is 3.39. The molecule has 8 nitrogen and oxygen atoms in total. The Kier molecular flexibility index (Phi) is 8.74. The van der Waals surface area contributed by atoms with Crippen molar-refractivity contribution in [2.24, 2.45) is 5.92 Å². The van der Waals surface area contributed by atoms with Gasteiger partial charge in [0.2, 0.25) is 5.91 Å². The molecule has 41 heavy (non-hydrogen) atoms. The Balaban J connectivity index is 1.21. The van der Waals surface area contributed by atoms with Crippen LogP contribution in [-0.4, -0.2) is 95.8 Å². The number of thioether (sulfide) groups is 1. The second-order valence-corrected chi connectivity index (χ2v) is 14.1. The molecular formula is C31H43FN6O2S. The summed E-state index contributed by atoms with van der Waals surface area (Å²) in [7, 11) is 2.17. The lowest BCUT2D eigenvalue weighted by atomic mass is 9.73. The molecule has 3 saturated heterocycles. The van der Waals surface area contributed by atoms with Gasteiger partial charge in [-0.3, -0.25) is 20.3 Å². The molecule has 10 heteroatoms. The number of aryl methyl sites for hydroxylation is 1. The molecule has 5 aliphatic rings. The van der Waals surface area contributed by atoms with Gasteiger partial charge in [0.25, 0.3) is 0 Å². The molecule has 1 aromatic carbocycles. The Morgan fingerprint density at radius 1 is 1.27 bits per heavy atom. The van der Waals surface area contributed by atoms with Crippen molar-refractivity contribution in [1.82, 2.24) is 25.3 Å². The summed E-state index contributed by atoms with van der Waals surface area (Å²) >= 11 is 1.88. The summed E-state index contributed by atoms with van der Waals surface area (Å²) in [5, 5.41) is 17.2. The zero-order valence-electron chi connectivity index (χ0n) is 24.1. The van der Waals surface area contributed by atoms with E-state index in [1.54, 1.807) is 17.0 Å². The summed E-state index contributed by atoms with van der Waals surface area (Å²) in [6.45, 7) is 7.44. The minimum Gasteiger partial charge on any atom is -0.348 e. The quantitative estimate of drug-likeness (QED) is 0.495. The number of rotatable bonds is 6. The SMILES string of the molecule is C=CC(=O)N1CCN(C2NC(OCC3CCCN3C)NC3C[C@]4(CCc5ccc(F)cc5S4)CCC32)CC1CC#N. The third-order valence-corrected chi connectivity index (χ3v) is 11.8. The summed E-state index contributed by atoms with van der Waals surface area (Å²) in [5.41, 5.74) is 1.26. The molecule has 4 fully saturated rings. The maximum absolute atomic E-state index is 14.1. The van der Waals surface area contributed by atoms with Crippen molar-refractivity contribution in [1.29, 1.82) is 5.26 Å². The third kappa shape index (κ3) is 6.08. The van der Waals surface area contributed by atoms with E-state index in [1.807, 2.05) is 17.8 Å². The molecule has 1 saturated carbocycles. The number of amides is 1. The number of likely N-dealkylation sites (tertiary alicyclic amines) is 1. The summed E-state index contributed by atoms with van der Waals surface area (Å²) in [4.78, 5) is 20.3. The van der Waals surface area contributed by atoms with Crippen molar-refractivity contribution in [2.75, 3.05) is 39.8 Å². The molecule has 6 unspecified atom stereocenters. The molecule has 0 bridgehead atoms. The molecule has 222 valence electrons. The van der Waals surface area contributed by atoms with Crippen LogP contribution in [0.3, 0.4) is 0 Å². The number of carbonyl (C=O) groups excluding carboxylic acids is 1. The van der Waals surface area contributed by atoms with Crippen LogP contribution in [0.15, 0.2) is 35.7 Å². The zero-order chi connectivity index (χ0) is 28.6. The largest absolute Gasteiger partial charge is 0.348 e. The summed E-state index contributed by atoms with van der Waals surface area (Å²) in [6.07, 6.45) is 9.09. The molecule has 2 N–H and O–H groups in total. The number of halogens is 1. The Bertz CT molecular complexity index is 1180. The highest BCUT2D eigenvalue weighted by atomic mass is 32.2. The normalized spacial score (nSPS) is 36.0. The maximum Gasteiger partial charge on any atom is 0.246 e. The van der Waals surface area contributed by atoms with Crippen molar-refractivity contribution < 1.29 is 13.9 Å². The van der Waals surface area contributed by atoms with Gasteiger partial charge in [-0.05, 0) is 82.3 Å². The average molecular weight is 583 g/mol. The standard InChI is InChI=1S/C31H43FN6O2S/c1-3-28(39)38-16-15-37(19-23(38)10-13-33)29-25-9-12-31(11-8-21-6-7-22(32)17-27(21)41-31)18-26(25)34-30(35-29)40-20-24-5-4-14-36(24)2/h3,6-7,17,23-26,29-30,34-35H,1,4-5,8-12,14-16,18-20H2,2H3/t23?,24?,25?,26?,29?,30?,31-/m0/s1. The number of ether oxygens (including phenoxy) is 1. The molecule has 1 spiro atoms. The minimum atomic E-state index is -0.272. The first-order valence-corrected chi connectivity index (χ1v) is 16.0. The van der Waals surface area contributed by atoms with Crippen LogP contribution in [0.2, 0.25) is 0 Å². The number of nitrogens with zero attached hydrogens (tertiary/aromatic N) is 4. The van der Waals surface area contributed by atoms with Crippen molar-refractivity contribution in [3.8, 4) is 6.07 Å². The van der Waals surface area contributed by atoms with E-state index in [9.17, 15) is 14.4 Å². The Morgan fingerprint density at radius 2 is 2.15 bits per heavy atom. The van der Waals surface area contributed by atoms with Gasteiger partial charge >= 0.3 is 0 Å². The molecule has 0 aromatic heterocycles. The first-order chi connectivity index (χ1) is 19.9. The van der Waals surface area contributed by atoms with Gasteiger partial charge in [0, 0.05) is 47.3 Å². The summed E-state index contributed by atoms with van der Waals surface area (Å²) in [6, 6.07) is 8.08. The highest BCUT2D eigenvalue weighted by Gasteiger charge is 2.50. The van der Waals surface area contributed by atoms with Gasteiger partial charge in [-0.1, -0.05) is 12.6 Å². The van der Waals surface area contributed by atoms with E-state index in [0.717, 1.165) is 56.5 Å². The summed E-state index contributed by atoms with van der Waals surface area (Å²) in [5.74, 6) is 0.107. The fourth-order valence-corrected chi connectivity index (χ4v) is 9.48. The van der Waals surface area contributed by atoms with Gasteiger partial charge in [0.05, 0.1) is 31.3 Å². The highest BCUT2D eigenvalue weighted by molar-refractivity contribution is 8.00. The molecule has 1 aliphatic carbocycles. The molecule has 7 atom stereocenters. The van der Waals surface area contributed by atoms with E-state index >= 15 is 0 Å². The number of nitriles is 1. The van der Waals surface area contributed by atoms with Crippen LogP contribution in [0.4, 0.5) is 4.39 Å². The third-order valence-electron chi connectivity index (χ3n) is 10.2. The van der Waals surface area contributed by atoms with Crippen LogP contribution >= 0.6 is 11.8 Å². The maximum atomic E-state index is 14.1. The van der Waals surface area contributed by atoms with Gasteiger partial charge < -0.3 is 14.5 Å². The van der Waals surface area contributed by atoms with E-state index in [1.165, 1.54) is 18.1 Å². The van der Waals surface area contributed by atoms with Crippen LogP contribution < -0.4 is 10.6 Å². The van der Waals surface area contributed by atoms with Crippen molar-refractivity contribution in [3.63, 3.8) is 0 Å². The number of hydrogen-bond acceptors (Lipinski definition) is 8. The smallest absolute Gasteiger partial charge is 0.246 e. The van der Waals surface area contributed by atoms with E-state index < -0.39 is 0 Å². The van der Waals surface area contributed by atoms with E-state index in [0.29, 0.717) is 38.1 Å². The molecule has 1 aromatic rings. The predicted molar refractivity (Wildman–Crippen MR) is 157 cm³/mol. The highest BCUT2D eigenvalue weighted by Crippen LogP contribution is 2.53. The van der Waals surface area contributed by atoms with E-state index in [2.05, 4.69) is 40.1 Å². The number of fused-ring (bicyclic) bond motifs is 2. The molecule has 6 rings (SSSR count). The van der Waals surface area contributed by atoms with Crippen LogP contribution in [0.5, 0.6) is 0 Å². The lowest BCUT2D eigenvalue weighted by Crippen LogP contribution is -2.72. The van der Waals surface area contributed by atoms with Crippen molar-refractivity contribution in [3.05, 3.63) is 42.2 Å². The number of likely N-dealkylation sites (N-methyl/N-ethyl adjacent to an activating group) is 1. The lowest BCUT2D eigenvalue weighted by Gasteiger charge is -2.56. The number of carbonyl (C=O) groups is 1. The number of benzene rings is 1. The van der Waals surface area contributed by atoms with E-state index in [-0.39, 0.29) is 41.1 Å². The van der Waals surface area contributed by atoms with Gasteiger partial charge in [-0.25, -0.2) is 4.39 Å². The van der Waals surface area contributed by atoms with Gasteiger partial charge in [0.15, 0.2) is 6.35 Å². The number of hydrogen-bond donors (Lipinski definition) is 2. The number of nitrogens with one attached hydrogen (secondary N) is 2. The fourth-order valence-electron chi connectivity index (χ4n) is 7.85. The van der Waals surface area contributed by atoms with Gasteiger partial charge in [-0.15, -0.1) is 11.8 Å². The second kappa shape index (κ2) is 12.3. The Hall–Kier alpha value is -2.00. The molecule has 4 heterocycles. The minimum absolute atomic E-state index is 0.0883. The first-order valence-electron chi connectivity index (χ1n) is 15.2. The fraction of sp³-hybridized carbons (Fsp3) is 0.677. The Labute approximate surface area is 247 Å². The predicted octanol–water partition coefficient (Wildman–Crippen LogP) is 3.30. The van der Waals surface area contributed by atoms with Gasteiger partial charge in [0.1, 0.15) is 5.82 Å². The molecule has 0 radical (unpaired) electrons. The van der Waals surface area contributed by atoms with Crippen LogP contribution in [-0.2, 0) is 16.0 Å². The van der Waals surface area contributed by atoms with Crippen molar-refractivity contribution >= 4 is 17.7 Å². The monoisotopic (exact) mass is 582 g/mol. The van der Waals surface area contributed by atoms with Gasteiger partial charge in [-0.2, -0.15) is 5.26 Å². The molecule has 1 amide bonds.